The van der Waals surface area contributed by atoms with E-state index in [0.29, 0.717) is 0 Å². The largest absolute Gasteiger partial charge is 0.0843 e. The molecule has 0 unspecified atom stereocenters. The van der Waals surface area contributed by atoms with Gasteiger partial charge >= 0.3 is 0 Å². The van der Waals surface area contributed by atoms with Gasteiger partial charge in [-0.2, -0.15) is 0 Å². The third-order valence-corrected chi connectivity index (χ3v) is 4.25. The Morgan fingerprint density at radius 3 is 1.86 bits per heavy atom. The Morgan fingerprint density at radius 2 is 1.36 bits per heavy atom. The molecule has 0 aliphatic carbocycles. The maximum Gasteiger partial charge on any atom is 0.0415 e. The predicted molar refractivity (Wildman–Crippen MR) is 99.3 cm³/mol. The number of hydrogen-bond acceptors (Lipinski definition) is 0. The van der Waals surface area contributed by atoms with E-state index in [1.807, 2.05) is 18.2 Å². The summed E-state index contributed by atoms with van der Waals surface area (Å²) >= 11 is 12.6. The van der Waals surface area contributed by atoms with E-state index in [1.54, 1.807) is 0 Å². The number of hydrogen-bond donors (Lipinski definition) is 0. The van der Waals surface area contributed by atoms with E-state index >= 15 is 0 Å². The smallest absolute Gasteiger partial charge is 0.0415 e. The first-order valence-electron chi connectivity index (χ1n) is 7.60. The number of rotatable bonds is 1. The van der Waals surface area contributed by atoms with E-state index in [0.717, 1.165) is 15.6 Å². The van der Waals surface area contributed by atoms with Crippen LogP contribution in [0.25, 0.3) is 11.1 Å². The van der Waals surface area contributed by atoms with Gasteiger partial charge in [-0.25, -0.2) is 0 Å². The van der Waals surface area contributed by atoms with Crippen LogP contribution in [0.15, 0.2) is 36.4 Å². The monoisotopic (exact) mass is 334 g/mol. The Labute approximate surface area is 144 Å². The second kappa shape index (κ2) is 5.91. The molecule has 0 spiro atoms. The van der Waals surface area contributed by atoms with E-state index in [4.69, 9.17) is 23.2 Å². The Bertz CT molecular complexity index is 686. The van der Waals surface area contributed by atoms with Crippen molar-refractivity contribution >= 4 is 23.2 Å². The molecular weight excluding hydrogens is 311 g/mol. The molecule has 0 amide bonds. The van der Waals surface area contributed by atoms with Crippen molar-refractivity contribution in [1.82, 2.24) is 0 Å². The van der Waals surface area contributed by atoms with Crippen molar-refractivity contribution in [1.29, 1.82) is 0 Å². The average Bonchev–Trinajstić information content (AvgIpc) is 2.35. The lowest BCUT2D eigenvalue weighted by molar-refractivity contribution is 0.531. The molecule has 0 atom stereocenters. The maximum absolute atomic E-state index is 6.43. The fourth-order valence-electron chi connectivity index (χ4n) is 2.89. The fraction of sp³-hybridized carbons (Fsp3) is 0.400. The van der Waals surface area contributed by atoms with Crippen LogP contribution < -0.4 is 0 Å². The Balaban J connectivity index is 2.87. The Morgan fingerprint density at radius 1 is 0.727 bits per heavy atom. The second-order valence-electron chi connectivity index (χ2n) is 7.89. The van der Waals surface area contributed by atoms with Gasteiger partial charge in [-0.05, 0) is 57.3 Å². The molecule has 0 radical (unpaired) electrons. The predicted octanol–water partition coefficient (Wildman–Crippen LogP) is 7.26. The molecule has 0 saturated carbocycles. The zero-order valence-electron chi connectivity index (χ0n) is 14.2. The van der Waals surface area contributed by atoms with Gasteiger partial charge in [-0.15, -0.1) is 0 Å². The van der Waals surface area contributed by atoms with Crippen molar-refractivity contribution in [2.45, 2.75) is 52.4 Å². The highest BCUT2D eigenvalue weighted by molar-refractivity contribution is 6.31. The molecule has 0 N–H and O–H groups in total. The van der Waals surface area contributed by atoms with Gasteiger partial charge in [0.15, 0.2) is 0 Å². The van der Waals surface area contributed by atoms with Crippen LogP contribution in [0.1, 0.15) is 52.7 Å². The molecule has 0 nitrogen and oxygen atoms in total. The first kappa shape index (κ1) is 17.4. The summed E-state index contributed by atoms with van der Waals surface area (Å²) in [5, 5.41) is 1.52. The molecule has 0 fully saturated rings. The summed E-state index contributed by atoms with van der Waals surface area (Å²) < 4.78 is 0. The number of halogens is 2. The van der Waals surface area contributed by atoms with E-state index in [1.165, 1.54) is 16.7 Å². The van der Waals surface area contributed by atoms with Gasteiger partial charge in [-0.1, -0.05) is 76.9 Å². The van der Waals surface area contributed by atoms with Crippen molar-refractivity contribution in [3.8, 4) is 11.1 Å². The molecule has 0 aliphatic heterocycles. The molecule has 0 bridgehead atoms. The molecule has 22 heavy (non-hydrogen) atoms. The van der Waals surface area contributed by atoms with E-state index in [9.17, 15) is 0 Å². The summed E-state index contributed by atoms with van der Waals surface area (Å²) in [6.45, 7) is 13.4. The summed E-state index contributed by atoms with van der Waals surface area (Å²) in [5.41, 5.74) is 4.97. The first-order chi connectivity index (χ1) is 10.00. The van der Waals surface area contributed by atoms with Crippen LogP contribution >= 0.6 is 23.2 Å². The van der Waals surface area contributed by atoms with Gasteiger partial charge in [0, 0.05) is 10.0 Å². The van der Waals surface area contributed by atoms with Gasteiger partial charge < -0.3 is 0 Å². The molecule has 2 heteroatoms. The Kier molecular flexibility index (Phi) is 4.66. The van der Waals surface area contributed by atoms with Crippen LogP contribution in [0.5, 0.6) is 0 Å². The second-order valence-corrected chi connectivity index (χ2v) is 8.76. The maximum atomic E-state index is 6.43. The van der Waals surface area contributed by atoms with Crippen LogP contribution in [-0.4, -0.2) is 0 Å². The zero-order chi connectivity index (χ0) is 16.7. The highest BCUT2D eigenvalue weighted by Gasteiger charge is 2.28. The van der Waals surface area contributed by atoms with Crippen LogP contribution in [0.2, 0.25) is 10.0 Å². The normalized spacial score (nSPS) is 12.5. The zero-order valence-corrected chi connectivity index (χ0v) is 15.7. The third kappa shape index (κ3) is 3.67. The summed E-state index contributed by atoms with van der Waals surface area (Å²) in [6.07, 6.45) is 0. The van der Waals surface area contributed by atoms with Crippen molar-refractivity contribution < 1.29 is 0 Å². The third-order valence-electron chi connectivity index (χ3n) is 3.80. The van der Waals surface area contributed by atoms with E-state index in [2.05, 4.69) is 59.7 Å². The quantitative estimate of drug-likeness (QED) is 0.514. The molecule has 2 rings (SSSR count). The standard InChI is InChI=1S/C20H24Cl2/c1-19(2,3)17-12-15(22)11-16(18(17)20(4,5)6)13-8-7-9-14(21)10-13/h7-12H,1-6H3. The molecule has 0 aliphatic rings. The molecular formula is C20H24Cl2. The minimum absolute atomic E-state index is 0.0187. The van der Waals surface area contributed by atoms with Crippen LogP contribution in [0, 0.1) is 0 Å². The lowest BCUT2D eigenvalue weighted by Gasteiger charge is -2.33. The fourth-order valence-corrected chi connectivity index (χ4v) is 3.30. The van der Waals surface area contributed by atoms with Gasteiger partial charge in [0.25, 0.3) is 0 Å². The molecule has 0 saturated heterocycles. The van der Waals surface area contributed by atoms with Gasteiger partial charge in [0.1, 0.15) is 0 Å². The van der Waals surface area contributed by atoms with E-state index < -0.39 is 0 Å². The van der Waals surface area contributed by atoms with Crippen LogP contribution in [-0.2, 0) is 10.8 Å². The van der Waals surface area contributed by atoms with Gasteiger partial charge in [-0.3, -0.25) is 0 Å². The molecule has 0 heterocycles. The molecule has 118 valence electrons. The minimum Gasteiger partial charge on any atom is -0.0843 e. The SMILES string of the molecule is CC(C)(C)c1cc(Cl)cc(-c2cccc(Cl)c2)c1C(C)(C)C. The lowest BCUT2D eigenvalue weighted by Crippen LogP contribution is -2.23. The number of benzene rings is 2. The van der Waals surface area contributed by atoms with Crippen molar-refractivity contribution in [2.75, 3.05) is 0 Å². The minimum atomic E-state index is 0.0187. The first-order valence-corrected chi connectivity index (χ1v) is 8.36. The van der Waals surface area contributed by atoms with Crippen molar-refractivity contribution in [2.24, 2.45) is 0 Å². The topological polar surface area (TPSA) is 0 Å². The Hall–Kier alpha value is -0.980. The lowest BCUT2D eigenvalue weighted by atomic mass is 9.72. The average molecular weight is 335 g/mol. The van der Waals surface area contributed by atoms with Crippen molar-refractivity contribution in [3.63, 3.8) is 0 Å². The van der Waals surface area contributed by atoms with Crippen LogP contribution in [0.3, 0.4) is 0 Å². The van der Waals surface area contributed by atoms with Gasteiger partial charge in [0.05, 0.1) is 0 Å². The highest BCUT2D eigenvalue weighted by atomic mass is 35.5. The molecule has 2 aromatic carbocycles. The summed E-state index contributed by atoms with van der Waals surface area (Å²) in [5.74, 6) is 0. The molecule has 0 aromatic heterocycles. The molecule has 2 aromatic rings. The van der Waals surface area contributed by atoms with Gasteiger partial charge in [0.2, 0.25) is 0 Å². The van der Waals surface area contributed by atoms with Crippen molar-refractivity contribution in [3.05, 3.63) is 57.6 Å². The summed E-state index contributed by atoms with van der Waals surface area (Å²) in [6, 6.07) is 12.2. The summed E-state index contributed by atoms with van der Waals surface area (Å²) in [7, 11) is 0. The highest BCUT2D eigenvalue weighted by Crippen LogP contribution is 2.42. The van der Waals surface area contributed by atoms with Crippen LogP contribution in [0.4, 0.5) is 0 Å². The summed E-state index contributed by atoms with van der Waals surface area (Å²) in [4.78, 5) is 0. The van der Waals surface area contributed by atoms with E-state index in [-0.39, 0.29) is 10.8 Å².